The Morgan fingerprint density at radius 1 is 1.60 bits per heavy atom. The van der Waals surface area contributed by atoms with E-state index in [9.17, 15) is 0 Å². The third-order valence-corrected chi connectivity index (χ3v) is 3.75. The highest BCUT2D eigenvalue weighted by Crippen LogP contribution is 2.18. The van der Waals surface area contributed by atoms with Crippen LogP contribution in [0.1, 0.15) is 24.6 Å². The molecule has 4 heteroatoms. The quantitative estimate of drug-likeness (QED) is 0.777. The van der Waals surface area contributed by atoms with Crippen molar-refractivity contribution in [2.45, 2.75) is 26.3 Å². The van der Waals surface area contributed by atoms with Crippen molar-refractivity contribution in [2.24, 2.45) is 5.92 Å². The van der Waals surface area contributed by atoms with E-state index < -0.39 is 0 Å². The van der Waals surface area contributed by atoms with Crippen LogP contribution >= 0.6 is 22.9 Å². The minimum Gasteiger partial charge on any atom is -0.396 e. The fraction of sp³-hybridized carbons (Fsp3) is 0.636. The summed E-state index contributed by atoms with van der Waals surface area (Å²) in [6, 6.07) is 1.99. The zero-order valence-electron chi connectivity index (χ0n) is 9.00. The first-order valence-electron chi connectivity index (χ1n) is 5.30. The first kappa shape index (κ1) is 13.0. The molecule has 0 aromatic carbocycles. The van der Waals surface area contributed by atoms with Crippen molar-refractivity contribution >= 4 is 22.9 Å². The van der Waals surface area contributed by atoms with Gasteiger partial charge in [0.2, 0.25) is 0 Å². The normalized spacial score (nSPS) is 13.0. The molecule has 0 saturated carbocycles. The predicted molar refractivity (Wildman–Crippen MR) is 66.5 cm³/mol. The second-order valence-corrected chi connectivity index (χ2v) is 5.08. The van der Waals surface area contributed by atoms with E-state index in [4.69, 9.17) is 16.7 Å². The lowest BCUT2D eigenvalue weighted by atomic mass is 10.0. The van der Waals surface area contributed by atoms with Gasteiger partial charge in [-0.15, -0.1) is 11.3 Å². The smallest absolute Gasteiger partial charge is 0.0516 e. The minimum atomic E-state index is 0.283. The van der Waals surface area contributed by atoms with E-state index in [-0.39, 0.29) is 6.61 Å². The molecule has 1 unspecified atom stereocenters. The molecule has 0 amide bonds. The molecule has 0 bridgehead atoms. The van der Waals surface area contributed by atoms with E-state index in [1.54, 1.807) is 11.3 Å². The van der Waals surface area contributed by atoms with Gasteiger partial charge in [-0.05, 0) is 24.9 Å². The van der Waals surface area contributed by atoms with E-state index >= 15 is 0 Å². The van der Waals surface area contributed by atoms with E-state index in [2.05, 4.69) is 12.2 Å². The van der Waals surface area contributed by atoms with Gasteiger partial charge in [0, 0.05) is 23.4 Å². The topological polar surface area (TPSA) is 32.3 Å². The van der Waals surface area contributed by atoms with E-state index in [1.165, 1.54) is 4.88 Å². The molecule has 1 heterocycles. The number of hydrogen-bond acceptors (Lipinski definition) is 3. The van der Waals surface area contributed by atoms with E-state index in [0.29, 0.717) is 5.92 Å². The van der Waals surface area contributed by atoms with Gasteiger partial charge in [0.05, 0.1) is 5.02 Å². The molecule has 0 radical (unpaired) electrons. The second-order valence-electron chi connectivity index (χ2n) is 3.65. The molecule has 15 heavy (non-hydrogen) atoms. The summed E-state index contributed by atoms with van der Waals surface area (Å²) in [5.74, 6) is 0.574. The largest absolute Gasteiger partial charge is 0.396 e. The molecular weight excluding hydrogens is 230 g/mol. The Balaban J connectivity index is 2.20. The summed E-state index contributed by atoms with van der Waals surface area (Å²) in [4.78, 5) is 1.26. The van der Waals surface area contributed by atoms with Crippen LogP contribution in [0.15, 0.2) is 11.4 Å². The Hall–Kier alpha value is -0.0900. The van der Waals surface area contributed by atoms with Gasteiger partial charge in [-0.25, -0.2) is 0 Å². The van der Waals surface area contributed by atoms with Crippen LogP contribution < -0.4 is 5.32 Å². The van der Waals surface area contributed by atoms with Crippen LogP contribution in [0, 0.1) is 5.92 Å². The fourth-order valence-electron chi connectivity index (χ4n) is 1.48. The number of aliphatic hydroxyl groups is 1. The zero-order chi connectivity index (χ0) is 11.1. The van der Waals surface area contributed by atoms with Crippen molar-refractivity contribution < 1.29 is 5.11 Å². The van der Waals surface area contributed by atoms with Gasteiger partial charge in [-0.3, -0.25) is 0 Å². The number of hydrogen-bond donors (Lipinski definition) is 2. The molecule has 0 aliphatic rings. The lowest BCUT2D eigenvalue weighted by Gasteiger charge is -2.13. The molecular formula is C11H18ClNOS. The van der Waals surface area contributed by atoms with Crippen LogP contribution in [-0.2, 0) is 6.54 Å². The van der Waals surface area contributed by atoms with Crippen molar-refractivity contribution in [3.8, 4) is 0 Å². The fourth-order valence-corrected chi connectivity index (χ4v) is 2.52. The van der Waals surface area contributed by atoms with Crippen LogP contribution in [0.5, 0.6) is 0 Å². The molecule has 0 fully saturated rings. The zero-order valence-corrected chi connectivity index (χ0v) is 10.6. The highest BCUT2D eigenvalue weighted by Gasteiger charge is 2.05. The van der Waals surface area contributed by atoms with Gasteiger partial charge in [-0.1, -0.05) is 24.9 Å². The Labute approximate surface area is 100 Å². The summed E-state index contributed by atoms with van der Waals surface area (Å²) in [6.45, 7) is 4.28. The first-order chi connectivity index (χ1) is 7.26. The molecule has 1 aromatic heterocycles. The Morgan fingerprint density at radius 3 is 2.93 bits per heavy atom. The van der Waals surface area contributed by atoms with Crippen molar-refractivity contribution in [2.75, 3.05) is 13.2 Å². The van der Waals surface area contributed by atoms with Crippen LogP contribution in [-0.4, -0.2) is 18.3 Å². The molecule has 86 valence electrons. The summed E-state index contributed by atoms with van der Waals surface area (Å²) in [7, 11) is 0. The Kier molecular flexibility index (Phi) is 6.25. The third-order valence-electron chi connectivity index (χ3n) is 2.47. The van der Waals surface area contributed by atoms with Gasteiger partial charge in [0.25, 0.3) is 0 Å². The SMILES string of the molecule is CCC(CCO)CNCc1cc(Cl)cs1. The molecule has 2 N–H and O–H groups in total. The molecule has 1 aromatic rings. The van der Waals surface area contributed by atoms with Crippen molar-refractivity contribution in [3.05, 3.63) is 21.3 Å². The molecule has 0 aliphatic heterocycles. The first-order valence-corrected chi connectivity index (χ1v) is 6.56. The summed E-state index contributed by atoms with van der Waals surface area (Å²) < 4.78 is 0. The molecule has 1 atom stereocenters. The summed E-state index contributed by atoms with van der Waals surface area (Å²) in [5, 5.41) is 15.0. The standard InChI is InChI=1S/C11H18ClNOS/c1-2-9(3-4-14)6-13-7-11-5-10(12)8-15-11/h5,8-9,13-14H,2-4,6-7H2,1H3. The second kappa shape index (κ2) is 7.23. The van der Waals surface area contributed by atoms with Crippen LogP contribution in [0.4, 0.5) is 0 Å². The lowest BCUT2D eigenvalue weighted by Crippen LogP contribution is -2.22. The number of nitrogens with one attached hydrogen (secondary N) is 1. The Morgan fingerprint density at radius 2 is 2.40 bits per heavy atom. The molecule has 0 saturated heterocycles. The highest BCUT2D eigenvalue weighted by molar-refractivity contribution is 7.10. The maximum Gasteiger partial charge on any atom is 0.0516 e. The monoisotopic (exact) mass is 247 g/mol. The number of thiophene rings is 1. The van der Waals surface area contributed by atoms with Gasteiger partial charge in [-0.2, -0.15) is 0 Å². The van der Waals surface area contributed by atoms with E-state index in [1.807, 2.05) is 11.4 Å². The van der Waals surface area contributed by atoms with Gasteiger partial charge in [0.15, 0.2) is 0 Å². The van der Waals surface area contributed by atoms with Crippen molar-refractivity contribution in [1.82, 2.24) is 5.32 Å². The maximum atomic E-state index is 8.84. The van der Waals surface area contributed by atoms with Crippen molar-refractivity contribution in [3.63, 3.8) is 0 Å². The minimum absolute atomic E-state index is 0.283. The summed E-state index contributed by atoms with van der Waals surface area (Å²) in [6.07, 6.45) is 1.99. The predicted octanol–water partition coefficient (Wildman–Crippen LogP) is 2.90. The molecule has 2 nitrogen and oxygen atoms in total. The third kappa shape index (κ3) is 4.98. The maximum absolute atomic E-state index is 8.84. The highest BCUT2D eigenvalue weighted by atomic mass is 35.5. The number of rotatable bonds is 7. The Bertz CT molecular complexity index is 277. The van der Waals surface area contributed by atoms with Crippen molar-refractivity contribution in [1.29, 1.82) is 0 Å². The van der Waals surface area contributed by atoms with Crippen LogP contribution in [0.2, 0.25) is 5.02 Å². The molecule has 0 aliphatic carbocycles. The molecule has 1 rings (SSSR count). The van der Waals surface area contributed by atoms with Crippen LogP contribution in [0.25, 0.3) is 0 Å². The van der Waals surface area contributed by atoms with Gasteiger partial charge >= 0.3 is 0 Å². The summed E-state index contributed by atoms with van der Waals surface area (Å²) in [5.41, 5.74) is 0. The molecule has 0 spiro atoms. The van der Waals surface area contributed by atoms with Crippen LogP contribution in [0.3, 0.4) is 0 Å². The number of aliphatic hydroxyl groups excluding tert-OH is 1. The number of halogens is 1. The lowest BCUT2D eigenvalue weighted by molar-refractivity contribution is 0.251. The van der Waals surface area contributed by atoms with E-state index in [0.717, 1.165) is 31.0 Å². The average Bonchev–Trinajstić information content (AvgIpc) is 2.63. The van der Waals surface area contributed by atoms with Gasteiger partial charge in [0.1, 0.15) is 0 Å². The van der Waals surface area contributed by atoms with Gasteiger partial charge < -0.3 is 10.4 Å². The summed E-state index contributed by atoms with van der Waals surface area (Å²) >= 11 is 7.51. The average molecular weight is 248 g/mol.